The molecule has 1 atom stereocenters. The van der Waals surface area contributed by atoms with Gasteiger partial charge in [0.25, 0.3) is 0 Å². The lowest BCUT2D eigenvalue weighted by molar-refractivity contribution is -0.121. The fourth-order valence-electron chi connectivity index (χ4n) is 1.95. The average molecular weight is 335 g/mol. The minimum atomic E-state index is 0. The van der Waals surface area contributed by atoms with Crippen molar-refractivity contribution in [1.82, 2.24) is 5.32 Å². The van der Waals surface area contributed by atoms with Crippen LogP contribution in [0.2, 0.25) is 0 Å². The van der Waals surface area contributed by atoms with E-state index in [1.165, 1.54) is 0 Å². The molecule has 23 heavy (non-hydrogen) atoms. The highest BCUT2D eigenvalue weighted by Gasteiger charge is 2.04. The highest BCUT2D eigenvalue weighted by atomic mass is 35.5. The molecule has 0 aromatic heterocycles. The van der Waals surface area contributed by atoms with Crippen molar-refractivity contribution in [1.29, 1.82) is 0 Å². The van der Waals surface area contributed by atoms with Gasteiger partial charge in [-0.05, 0) is 43.2 Å². The molecule has 4 nitrogen and oxygen atoms in total. The second kappa shape index (κ2) is 9.87. The SMILES string of the molecule is CC(N)CCC(=O)NCc1ccc(Oc2ccccc2)cc1.Cl. The number of benzene rings is 2. The summed E-state index contributed by atoms with van der Waals surface area (Å²) in [5.41, 5.74) is 6.67. The number of hydrogen-bond acceptors (Lipinski definition) is 3. The quantitative estimate of drug-likeness (QED) is 0.812. The van der Waals surface area contributed by atoms with Crippen LogP contribution in [0.4, 0.5) is 0 Å². The Bertz CT molecular complexity index is 586. The summed E-state index contributed by atoms with van der Waals surface area (Å²) in [7, 11) is 0. The minimum Gasteiger partial charge on any atom is -0.457 e. The van der Waals surface area contributed by atoms with Crippen LogP contribution in [0, 0.1) is 0 Å². The Kier molecular flexibility index (Phi) is 8.16. The van der Waals surface area contributed by atoms with Crippen molar-refractivity contribution in [3.05, 3.63) is 60.2 Å². The van der Waals surface area contributed by atoms with E-state index >= 15 is 0 Å². The summed E-state index contributed by atoms with van der Waals surface area (Å²) in [6, 6.07) is 17.4. The van der Waals surface area contributed by atoms with E-state index in [0.717, 1.165) is 17.1 Å². The van der Waals surface area contributed by atoms with Crippen LogP contribution < -0.4 is 15.8 Å². The summed E-state index contributed by atoms with van der Waals surface area (Å²) in [5, 5.41) is 2.89. The molecular weight excluding hydrogens is 312 g/mol. The molecule has 1 amide bonds. The van der Waals surface area contributed by atoms with E-state index in [1.54, 1.807) is 0 Å². The molecule has 0 bridgehead atoms. The van der Waals surface area contributed by atoms with Crippen molar-refractivity contribution in [2.75, 3.05) is 0 Å². The van der Waals surface area contributed by atoms with Gasteiger partial charge in [-0.3, -0.25) is 4.79 Å². The first-order chi connectivity index (χ1) is 10.6. The Morgan fingerprint density at radius 3 is 2.30 bits per heavy atom. The van der Waals surface area contributed by atoms with Gasteiger partial charge in [-0.25, -0.2) is 0 Å². The Morgan fingerprint density at radius 2 is 1.70 bits per heavy atom. The van der Waals surface area contributed by atoms with Gasteiger partial charge in [-0.2, -0.15) is 0 Å². The van der Waals surface area contributed by atoms with Gasteiger partial charge in [0.2, 0.25) is 5.91 Å². The first kappa shape index (κ1) is 19.0. The number of rotatable bonds is 7. The van der Waals surface area contributed by atoms with Gasteiger partial charge in [0, 0.05) is 19.0 Å². The summed E-state index contributed by atoms with van der Waals surface area (Å²) in [4.78, 5) is 11.6. The van der Waals surface area contributed by atoms with E-state index in [-0.39, 0.29) is 24.4 Å². The van der Waals surface area contributed by atoms with Crippen molar-refractivity contribution in [2.24, 2.45) is 5.73 Å². The number of halogens is 1. The molecule has 0 fully saturated rings. The second-order valence-electron chi connectivity index (χ2n) is 5.35. The van der Waals surface area contributed by atoms with E-state index in [4.69, 9.17) is 10.5 Å². The van der Waals surface area contributed by atoms with Crippen molar-refractivity contribution in [3.63, 3.8) is 0 Å². The van der Waals surface area contributed by atoms with Crippen LogP contribution in [0.5, 0.6) is 11.5 Å². The molecule has 1 unspecified atom stereocenters. The predicted molar refractivity (Wildman–Crippen MR) is 94.9 cm³/mol. The van der Waals surface area contributed by atoms with Crippen LogP contribution in [0.1, 0.15) is 25.3 Å². The number of para-hydroxylation sites is 1. The van der Waals surface area contributed by atoms with E-state index in [2.05, 4.69) is 5.32 Å². The fourth-order valence-corrected chi connectivity index (χ4v) is 1.95. The maximum Gasteiger partial charge on any atom is 0.220 e. The van der Waals surface area contributed by atoms with Gasteiger partial charge < -0.3 is 15.8 Å². The number of nitrogens with two attached hydrogens (primary N) is 1. The maximum absolute atomic E-state index is 11.6. The van der Waals surface area contributed by atoms with E-state index in [1.807, 2.05) is 61.5 Å². The molecule has 2 aromatic carbocycles. The molecule has 0 aliphatic heterocycles. The zero-order valence-corrected chi connectivity index (χ0v) is 14.0. The number of hydrogen-bond donors (Lipinski definition) is 2. The first-order valence-electron chi connectivity index (χ1n) is 7.47. The standard InChI is InChI=1S/C18H22N2O2.ClH/c1-14(19)7-12-18(21)20-13-15-8-10-17(11-9-15)22-16-5-3-2-4-6-16;/h2-6,8-11,14H,7,12-13,19H2,1H3,(H,20,21);1H. The monoisotopic (exact) mass is 334 g/mol. The Balaban J connectivity index is 0.00000264. The molecule has 124 valence electrons. The molecule has 0 aliphatic carbocycles. The molecule has 0 radical (unpaired) electrons. The summed E-state index contributed by atoms with van der Waals surface area (Å²) >= 11 is 0. The minimum absolute atomic E-state index is 0. The molecular formula is C18H23ClN2O2. The zero-order chi connectivity index (χ0) is 15.8. The van der Waals surface area contributed by atoms with Gasteiger partial charge in [-0.1, -0.05) is 30.3 Å². The summed E-state index contributed by atoms with van der Waals surface area (Å²) in [6.45, 7) is 2.42. The smallest absolute Gasteiger partial charge is 0.220 e. The van der Waals surface area contributed by atoms with Crippen LogP contribution in [0.3, 0.4) is 0 Å². The van der Waals surface area contributed by atoms with E-state index < -0.39 is 0 Å². The molecule has 2 aromatic rings. The molecule has 0 spiro atoms. The molecule has 3 N–H and O–H groups in total. The van der Waals surface area contributed by atoms with Crippen LogP contribution in [-0.4, -0.2) is 11.9 Å². The fraction of sp³-hybridized carbons (Fsp3) is 0.278. The molecule has 2 rings (SSSR count). The van der Waals surface area contributed by atoms with Crippen LogP contribution in [-0.2, 0) is 11.3 Å². The van der Waals surface area contributed by atoms with Crippen LogP contribution in [0.15, 0.2) is 54.6 Å². The highest BCUT2D eigenvalue weighted by Crippen LogP contribution is 2.21. The van der Waals surface area contributed by atoms with Gasteiger partial charge in [0.05, 0.1) is 0 Å². The molecule has 0 heterocycles. The average Bonchev–Trinajstić information content (AvgIpc) is 2.53. The van der Waals surface area contributed by atoms with Crippen LogP contribution in [0.25, 0.3) is 0 Å². The number of amides is 1. The summed E-state index contributed by atoms with van der Waals surface area (Å²) in [5.74, 6) is 1.61. The van der Waals surface area contributed by atoms with Crippen molar-refractivity contribution in [2.45, 2.75) is 32.4 Å². The van der Waals surface area contributed by atoms with E-state index in [9.17, 15) is 4.79 Å². The number of ether oxygens (including phenoxy) is 1. The second-order valence-corrected chi connectivity index (χ2v) is 5.35. The van der Waals surface area contributed by atoms with Gasteiger partial charge >= 0.3 is 0 Å². The summed E-state index contributed by atoms with van der Waals surface area (Å²) in [6.07, 6.45) is 1.17. The maximum atomic E-state index is 11.6. The normalized spacial score (nSPS) is 11.2. The van der Waals surface area contributed by atoms with Gasteiger partial charge in [0.1, 0.15) is 11.5 Å². The lowest BCUT2D eigenvalue weighted by Crippen LogP contribution is -2.25. The molecule has 0 saturated heterocycles. The van der Waals surface area contributed by atoms with Gasteiger partial charge in [-0.15, -0.1) is 12.4 Å². The Hall–Kier alpha value is -2.04. The van der Waals surface area contributed by atoms with Crippen LogP contribution >= 0.6 is 12.4 Å². The predicted octanol–water partition coefficient (Wildman–Crippen LogP) is 3.64. The highest BCUT2D eigenvalue weighted by molar-refractivity contribution is 5.85. The lowest BCUT2D eigenvalue weighted by atomic mass is 10.2. The van der Waals surface area contributed by atoms with Gasteiger partial charge in [0.15, 0.2) is 0 Å². The largest absolute Gasteiger partial charge is 0.457 e. The number of nitrogens with one attached hydrogen (secondary N) is 1. The third-order valence-electron chi connectivity index (χ3n) is 3.22. The Labute approximate surface area is 143 Å². The number of carbonyl (C=O) groups excluding carboxylic acids is 1. The topological polar surface area (TPSA) is 64.4 Å². The zero-order valence-electron chi connectivity index (χ0n) is 13.2. The third-order valence-corrected chi connectivity index (χ3v) is 3.22. The van der Waals surface area contributed by atoms with Crippen molar-refractivity contribution in [3.8, 4) is 11.5 Å². The molecule has 0 saturated carbocycles. The third kappa shape index (κ3) is 7.17. The van der Waals surface area contributed by atoms with Crippen molar-refractivity contribution < 1.29 is 9.53 Å². The molecule has 5 heteroatoms. The lowest BCUT2D eigenvalue weighted by Gasteiger charge is -2.08. The van der Waals surface area contributed by atoms with Crippen molar-refractivity contribution >= 4 is 18.3 Å². The molecule has 0 aliphatic rings. The van der Waals surface area contributed by atoms with E-state index in [0.29, 0.717) is 19.4 Å². The summed E-state index contributed by atoms with van der Waals surface area (Å²) < 4.78 is 5.72. The Morgan fingerprint density at radius 1 is 1.09 bits per heavy atom. The first-order valence-corrected chi connectivity index (χ1v) is 7.47. The number of carbonyl (C=O) groups is 1.